The lowest BCUT2D eigenvalue weighted by Crippen LogP contribution is -2.47. The quantitative estimate of drug-likeness (QED) is 0.533. The molecule has 1 unspecified atom stereocenters. The average Bonchev–Trinajstić information content (AvgIpc) is 3.32. The van der Waals surface area contributed by atoms with Gasteiger partial charge in [0.05, 0.1) is 17.5 Å². The Morgan fingerprint density at radius 1 is 1.27 bits per heavy atom. The van der Waals surface area contributed by atoms with E-state index in [0.717, 1.165) is 5.56 Å². The lowest BCUT2D eigenvalue weighted by atomic mass is 10.0. The summed E-state index contributed by atoms with van der Waals surface area (Å²) in [6.45, 7) is 0. The second kappa shape index (κ2) is 7.70. The number of hydrogen-bond donors (Lipinski definition) is 3. The largest absolute Gasteiger partial charge is 0.363 e. The first kappa shape index (κ1) is 17.5. The molecule has 132 valence electrons. The van der Waals surface area contributed by atoms with Crippen molar-refractivity contribution < 1.29 is 14.4 Å². The summed E-state index contributed by atoms with van der Waals surface area (Å²) >= 11 is 1.45. The fraction of sp³-hybridized carbons (Fsp3) is 0.118. The van der Waals surface area contributed by atoms with Crippen LogP contribution in [0.4, 0.5) is 0 Å². The molecule has 3 rings (SSSR count). The number of Topliss-reactive ketones (excluding diaryl/α,β-unsaturated/α-hetero) is 1. The smallest absolute Gasteiger partial charge is 0.287 e. The van der Waals surface area contributed by atoms with Crippen molar-refractivity contribution in [2.45, 2.75) is 12.5 Å². The van der Waals surface area contributed by atoms with E-state index >= 15 is 0 Å². The Hall–Kier alpha value is -3.33. The SMILES string of the molecule is NC(=O)C(=O)C(Cc1ccsc1)NC(=O)c1[nH]ncc1-c1ccccn1. The van der Waals surface area contributed by atoms with E-state index in [4.69, 9.17) is 5.73 Å². The van der Waals surface area contributed by atoms with Crippen LogP contribution in [0.1, 0.15) is 16.1 Å². The molecule has 0 aliphatic heterocycles. The molecule has 4 N–H and O–H groups in total. The van der Waals surface area contributed by atoms with E-state index in [9.17, 15) is 14.4 Å². The van der Waals surface area contributed by atoms with Crippen molar-refractivity contribution >= 4 is 28.9 Å². The molecule has 3 aromatic heterocycles. The summed E-state index contributed by atoms with van der Waals surface area (Å²) in [6, 6.07) is 6.03. The summed E-state index contributed by atoms with van der Waals surface area (Å²) in [5.41, 5.74) is 7.13. The highest BCUT2D eigenvalue weighted by Gasteiger charge is 2.27. The number of aromatic nitrogens is 3. The van der Waals surface area contributed by atoms with E-state index in [0.29, 0.717) is 11.3 Å². The molecule has 0 aliphatic rings. The monoisotopic (exact) mass is 369 g/mol. The number of rotatable bonds is 7. The number of primary amides is 1. The number of amides is 2. The molecule has 26 heavy (non-hydrogen) atoms. The molecule has 8 nitrogen and oxygen atoms in total. The number of H-pyrrole nitrogens is 1. The molecule has 0 saturated carbocycles. The molecule has 0 fully saturated rings. The molecule has 0 spiro atoms. The van der Waals surface area contributed by atoms with Crippen molar-refractivity contribution in [1.29, 1.82) is 0 Å². The third kappa shape index (κ3) is 3.83. The fourth-order valence-electron chi connectivity index (χ4n) is 2.43. The zero-order valence-electron chi connectivity index (χ0n) is 13.5. The Labute approximate surface area is 152 Å². The summed E-state index contributed by atoms with van der Waals surface area (Å²) in [7, 11) is 0. The molecule has 3 aromatic rings. The van der Waals surface area contributed by atoms with Crippen LogP contribution in [0.2, 0.25) is 0 Å². The first-order valence-corrected chi connectivity index (χ1v) is 8.61. The number of hydrogen-bond acceptors (Lipinski definition) is 6. The molecular formula is C17H15N5O3S. The molecule has 3 heterocycles. The zero-order valence-corrected chi connectivity index (χ0v) is 14.3. The topological polar surface area (TPSA) is 131 Å². The van der Waals surface area contributed by atoms with Crippen molar-refractivity contribution in [3.63, 3.8) is 0 Å². The summed E-state index contributed by atoms with van der Waals surface area (Å²) in [4.78, 5) is 40.3. The van der Waals surface area contributed by atoms with E-state index < -0.39 is 23.6 Å². The van der Waals surface area contributed by atoms with Gasteiger partial charge in [-0.05, 0) is 34.5 Å². The molecule has 0 radical (unpaired) electrons. The molecule has 0 aliphatic carbocycles. The lowest BCUT2D eigenvalue weighted by molar-refractivity contribution is -0.137. The maximum Gasteiger partial charge on any atom is 0.287 e. The highest BCUT2D eigenvalue weighted by atomic mass is 32.1. The van der Waals surface area contributed by atoms with Crippen molar-refractivity contribution in [3.05, 3.63) is 58.7 Å². The third-order valence-corrected chi connectivity index (χ3v) is 4.42. The standard InChI is InChI=1S/C17H15N5O3S/c18-16(24)15(23)13(7-10-4-6-26-9-10)21-17(25)14-11(8-20-22-14)12-3-1-2-5-19-12/h1-6,8-9,13H,7H2,(H2,18,24)(H,20,22)(H,21,25). The van der Waals surface area contributed by atoms with Crippen molar-refractivity contribution in [2.75, 3.05) is 0 Å². The average molecular weight is 369 g/mol. The van der Waals surface area contributed by atoms with Crippen molar-refractivity contribution in [1.82, 2.24) is 20.5 Å². The Morgan fingerprint density at radius 3 is 2.77 bits per heavy atom. The minimum Gasteiger partial charge on any atom is -0.363 e. The number of nitrogens with one attached hydrogen (secondary N) is 2. The van der Waals surface area contributed by atoms with Gasteiger partial charge in [-0.1, -0.05) is 6.07 Å². The van der Waals surface area contributed by atoms with Crippen molar-refractivity contribution in [2.24, 2.45) is 5.73 Å². The predicted octanol–water partition coefficient (Wildman–Crippen LogP) is 0.929. The zero-order chi connectivity index (χ0) is 18.5. The highest BCUT2D eigenvalue weighted by Crippen LogP contribution is 2.19. The summed E-state index contributed by atoms with van der Waals surface area (Å²) in [5.74, 6) is -2.53. The van der Waals surface area contributed by atoms with Crippen LogP contribution in [-0.4, -0.2) is 38.8 Å². The van der Waals surface area contributed by atoms with E-state index in [1.807, 2.05) is 16.8 Å². The molecule has 0 bridgehead atoms. The Morgan fingerprint density at radius 2 is 2.12 bits per heavy atom. The van der Waals surface area contributed by atoms with Crippen LogP contribution in [0.3, 0.4) is 0 Å². The second-order valence-corrected chi connectivity index (χ2v) is 6.24. The van der Waals surface area contributed by atoms with Crippen LogP contribution < -0.4 is 11.1 Å². The van der Waals surface area contributed by atoms with Crippen LogP contribution in [0.25, 0.3) is 11.3 Å². The van der Waals surface area contributed by atoms with Crippen LogP contribution in [-0.2, 0) is 16.0 Å². The van der Waals surface area contributed by atoms with Gasteiger partial charge in [0, 0.05) is 12.6 Å². The van der Waals surface area contributed by atoms with Crippen LogP contribution in [0, 0.1) is 0 Å². The lowest BCUT2D eigenvalue weighted by Gasteiger charge is -2.15. The highest BCUT2D eigenvalue weighted by molar-refractivity contribution is 7.07. The van der Waals surface area contributed by atoms with Crippen molar-refractivity contribution in [3.8, 4) is 11.3 Å². The van der Waals surface area contributed by atoms with Gasteiger partial charge < -0.3 is 11.1 Å². The number of carbonyl (C=O) groups is 3. The van der Waals surface area contributed by atoms with Crippen LogP contribution in [0.15, 0.2) is 47.4 Å². The molecule has 2 amide bonds. The number of nitrogens with zero attached hydrogens (tertiary/aromatic N) is 2. The Kier molecular flexibility index (Phi) is 5.18. The summed E-state index contributed by atoms with van der Waals surface area (Å²) in [5, 5.41) is 12.7. The molecule has 0 aromatic carbocycles. The summed E-state index contributed by atoms with van der Waals surface area (Å²) < 4.78 is 0. The van der Waals surface area contributed by atoms with Crippen LogP contribution in [0.5, 0.6) is 0 Å². The number of carbonyl (C=O) groups excluding carboxylic acids is 3. The predicted molar refractivity (Wildman–Crippen MR) is 95.3 cm³/mol. The van der Waals surface area contributed by atoms with Gasteiger partial charge in [-0.3, -0.25) is 24.5 Å². The number of thiophene rings is 1. The van der Waals surface area contributed by atoms with Gasteiger partial charge in [-0.2, -0.15) is 16.4 Å². The first-order chi connectivity index (χ1) is 12.6. The minimum absolute atomic E-state index is 0.149. The maximum atomic E-state index is 12.7. The number of nitrogens with two attached hydrogens (primary N) is 1. The van der Waals surface area contributed by atoms with Crippen LogP contribution >= 0.6 is 11.3 Å². The van der Waals surface area contributed by atoms with Gasteiger partial charge in [0.1, 0.15) is 11.7 Å². The molecule has 0 saturated heterocycles. The van der Waals surface area contributed by atoms with Gasteiger partial charge in [-0.25, -0.2) is 0 Å². The molecule has 9 heteroatoms. The van der Waals surface area contributed by atoms with Gasteiger partial charge in [0.2, 0.25) is 5.78 Å². The van der Waals surface area contributed by atoms with Gasteiger partial charge in [0.25, 0.3) is 11.8 Å². The summed E-state index contributed by atoms with van der Waals surface area (Å²) in [6.07, 6.45) is 3.24. The van der Waals surface area contributed by atoms with Gasteiger partial charge in [0.15, 0.2) is 0 Å². The minimum atomic E-state index is -1.10. The normalized spacial score (nSPS) is 11.7. The number of aromatic amines is 1. The number of pyridine rings is 1. The fourth-order valence-corrected chi connectivity index (χ4v) is 3.11. The van der Waals surface area contributed by atoms with E-state index in [1.165, 1.54) is 17.5 Å². The van der Waals surface area contributed by atoms with E-state index in [-0.39, 0.29) is 12.1 Å². The van der Waals surface area contributed by atoms with E-state index in [1.54, 1.807) is 24.4 Å². The third-order valence-electron chi connectivity index (χ3n) is 3.69. The Bertz CT molecular complexity index is 921. The van der Waals surface area contributed by atoms with Gasteiger partial charge in [-0.15, -0.1) is 0 Å². The number of ketones is 1. The maximum absolute atomic E-state index is 12.7. The Balaban J connectivity index is 1.83. The second-order valence-electron chi connectivity index (χ2n) is 5.46. The molecule has 1 atom stereocenters. The molecular weight excluding hydrogens is 354 g/mol. The van der Waals surface area contributed by atoms with Gasteiger partial charge >= 0.3 is 0 Å². The first-order valence-electron chi connectivity index (χ1n) is 7.66. The van der Waals surface area contributed by atoms with E-state index in [2.05, 4.69) is 20.5 Å².